The molecule has 1 unspecified atom stereocenters. The number of rotatable bonds is 5. The summed E-state index contributed by atoms with van der Waals surface area (Å²) in [5, 5.41) is 12.7. The maximum Gasteiger partial charge on any atom is 0.261 e. The molecule has 3 rings (SSSR count). The number of hydrogen-bond acceptors (Lipinski definition) is 3. The SMILES string of the molecule is CC1C[C@H](O)[C@H](CO[Si](c2ccccc2)(c2ccccc2)C(C)(C)C)O1. The van der Waals surface area contributed by atoms with Gasteiger partial charge in [-0.2, -0.15) is 0 Å². The average molecular weight is 371 g/mol. The highest BCUT2D eigenvalue weighted by atomic mass is 28.4. The van der Waals surface area contributed by atoms with Gasteiger partial charge in [0, 0.05) is 6.42 Å². The molecule has 1 aliphatic heterocycles. The van der Waals surface area contributed by atoms with E-state index in [1.54, 1.807) is 0 Å². The quantitative estimate of drug-likeness (QED) is 0.822. The Balaban J connectivity index is 2.03. The Morgan fingerprint density at radius 2 is 1.50 bits per heavy atom. The van der Waals surface area contributed by atoms with Gasteiger partial charge in [-0.15, -0.1) is 0 Å². The van der Waals surface area contributed by atoms with Gasteiger partial charge in [0.15, 0.2) is 0 Å². The summed E-state index contributed by atoms with van der Waals surface area (Å²) >= 11 is 0. The molecule has 26 heavy (non-hydrogen) atoms. The van der Waals surface area contributed by atoms with Crippen molar-refractivity contribution in [1.29, 1.82) is 0 Å². The summed E-state index contributed by atoms with van der Waals surface area (Å²) in [6.45, 7) is 9.19. The molecule has 1 aliphatic rings. The van der Waals surface area contributed by atoms with Crippen LogP contribution in [0.3, 0.4) is 0 Å². The van der Waals surface area contributed by atoms with Crippen LogP contribution in [0.2, 0.25) is 5.04 Å². The van der Waals surface area contributed by atoms with Crippen LogP contribution >= 0.6 is 0 Å². The lowest BCUT2D eigenvalue weighted by molar-refractivity contribution is -0.0130. The fourth-order valence-corrected chi connectivity index (χ4v) is 8.63. The van der Waals surface area contributed by atoms with Crippen molar-refractivity contribution in [1.82, 2.24) is 0 Å². The first-order valence-corrected chi connectivity index (χ1v) is 11.3. The third-order valence-corrected chi connectivity index (χ3v) is 10.3. The van der Waals surface area contributed by atoms with Crippen molar-refractivity contribution in [3.05, 3.63) is 60.7 Å². The van der Waals surface area contributed by atoms with E-state index in [1.165, 1.54) is 10.4 Å². The molecule has 1 saturated heterocycles. The Kier molecular flexibility index (Phi) is 5.68. The molecule has 3 atom stereocenters. The van der Waals surface area contributed by atoms with Crippen molar-refractivity contribution < 1.29 is 14.3 Å². The molecule has 4 heteroatoms. The Morgan fingerprint density at radius 3 is 1.88 bits per heavy atom. The lowest BCUT2D eigenvalue weighted by Gasteiger charge is -2.43. The normalized spacial score (nSPS) is 24.0. The molecule has 0 spiro atoms. The Bertz CT molecular complexity index is 657. The predicted octanol–water partition coefficient (Wildman–Crippen LogP) is 3.10. The van der Waals surface area contributed by atoms with Crippen LogP contribution in [0.1, 0.15) is 34.1 Å². The summed E-state index contributed by atoms with van der Waals surface area (Å²) < 4.78 is 12.7. The molecule has 140 valence electrons. The molecule has 3 nitrogen and oxygen atoms in total. The van der Waals surface area contributed by atoms with E-state index < -0.39 is 14.4 Å². The van der Waals surface area contributed by atoms with Gasteiger partial charge in [0.05, 0.1) is 18.8 Å². The second kappa shape index (κ2) is 7.65. The zero-order valence-corrected chi connectivity index (χ0v) is 17.2. The van der Waals surface area contributed by atoms with Gasteiger partial charge >= 0.3 is 0 Å². The van der Waals surface area contributed by atoms with Gasteiger partial charge in [0.2, 0.25) is 0 Å². The molecule has 0 saturated carbocycles. The van der Waals surface area contributed by atoms with Gasteiger partial charge in [-0.3, -0.25) is 0 Å². The first-order valence-electron chi connectivity index (χ1n) is 9.43. The highest BCUT2D eigenvalue weighted by molar-refractivity contribution is 6.99. The van der Waals surface area contributed by atoms with E-state index in [0.29, 0.717) is 13.0 Å². The minimum absolute atomic E-state index is 0.0646. The molecule has 0 aliphatic carbocycles. The zero-order chi connectivity index (χ0) is 18.8. The number of ether oxygens (including phenoxy) is 1. The number of aliphatic hydroxyl groups excluding tert-OH is 1. The highest BCUT2D eigenvalue weighted by Crippen LogP contribution is 2.37. The third kappa shape index (κ3) is 3.65. The fraction of sp³-hybridized carbons (Fsp3) is 0.455. The van der Waals surface area contributed by atoms with Crippen LogP contribution in [0.15, 0.2) is 60.7 Å². The molecule has 2 aromatic rings. The molecule has 1 fully saturated rings. The van der Waals surface area contributed by atoms with E-state index in [2.05, 4.69) is 69.3 Å². The Morgan fingerprint density at radius 1 is 1.00 bits per heavy atom. The van der Waals surface area contributed by atoms with Crippen LogP contribution in [0, 0.1) is 0 Å². The van der Waals surface area contributed by atoms with Crippen LogP contribution in [0.5, 0.6) is 0 Å². The van der Waals surface area contributed by atoms with Gasteiger partial charge in [-0.1, -0.05) is 81.4 Å². The molecule has 0 bridgehead atoms. The van der Waals surface area contributed by atoms with Crippen molar-refractivity contribution in [3.63, 3.8) is 0 Å². The van der Waals surface area contributed by atoms with Gasteiger partial charge in [-0.25, -0.2) is 0 Å². The van der Waals surface area contributed by atoms with E-state index >= 15 is 0 Å². The second-order valence-electron chi connectivity index (χ2n) is 8.26. The summed E-state index contributed by atoms with van der Waals surface area (Å²) in [5.74, 6) is 0. The molecule has 0 aromatic heterocycles. The third-order valence-electron chi connectivity index (χ3n) is 5.29. The summed E-state index contributed by atoms with van der Waals surface area (Å²) in [4.78, 5) is 0. The second-order valence-corrected chi connectivity index (χ2v) is 12.6. The summed E-state index contributed by atoms with van der Waals surface area (Å²) in [6.07, 6.45) is 0.0435. The largest absolute Gasteiger partial charge is 0.405 e. The molecule has 1 heterocycles. The van der Waals surface area contributed by atoms with Crippen LogP contribution in [0.25, 0.3) is 0 Å². The molecule has 0 amide bonds. The van der Waals surface area contributed by atoms with Crippen molar-refractivity contribution >= 4 is 18.7 Å². The lowest BCUT2D eigenvalue weighted by atomic mass is 10.1. The molecule has 2 aromatic carbocycles. The lowest BCUT2D eigenvalue weighted by Crippen LogP contribution is -2.67. The van der Waals surface area contributed by atoms with E-state index in [-0.39, 0.29) is 17.2 Å². The van der Waals surface area contributed by atoms with Gasteiger partial charge in [0.1, 0.15) is 6.10 Å². The zero-order valence-electron chi connectivity index (χ0n) is 16.2. The maximum absolute atomic E-state index is 10.3. The maximum atomic E-state index is 10.3. The highest BCUT2D eigenvalue weighted by Gasteiger charge is 2.51. The van der Waals surface area contributed by atoms with E-state index in [4.69, 9.17) is 9.16 Å². The number of hydrogen-bond donors (Lipinski definition) is 1. The Hall–Kier alpha value is -1.46. The fourth-order valence-electron chi connectivity index (χ4n) is 4.06. The van der Waals surface area contributed by atoms with Crippen LogP contribution < -0.4 is 10.4 Å². The summed E-state index contributed by atoms with van der Waals surface area (Å²) in [5.41, 5.74) is 0. The molecule has 1 N–H and O–H groups in total. The topological polar surface area (TPSA) is 38.7 Å². The van der Waals surface area contributed by atoms with Crippen molar-refractivity contribution in [3.8, 4) is 0 Å². The monoisotopic (exact) mass is 370 g/mol. The van der Waals surface area contributed by atoms with E-state index in [1.807, 2.05) is 19.1 Å². The van der Waals surface area contributed by atoms with Crippen LogP contribution in [-0.4, -0.2) is 38.3 Å². The van der Waals surface area contributed by atoms with E-state index in [9.17, 15) is 5.11 Å². The molecular formula is C22H30O3Si. The minimum Gasteiger partial charge on any atom is -0.405 e. The van der Waals surface area contributed by atoms with Gasteiger partial charge in [0.25, 0.3) is 8.32 Å². The average Bonchev–Trinajstić information content (AvgIpc) is 2.94. The predicted molar refractivity (Wildman–Crippen MR) is 109 cm³/mol. The number of benzene rings is 2. The summed E-state index contributed by atoms with van der Waals surface area (Å²) in [7, 11) is -2.56. The van der Waals surface area contributed by atoms with Crippen LogP contribution in [0.4, 0.5) is 0 Å². The van der Waals surface area contributed by atoms with Crippen molar-refractivity contribution in [2.75, 3.05) is 6.61 Å². The molecule has 0 radical (unpaired) electrons. The van der Waals surface area contributed by atoms with Crippen LogP contribution in [-0.2, 0) is 9.16 Å². The Labute approximate surface area is 158 Å². The smallest absolute Gasteiger partial charge is 0.261 e. The van der Waals surface area contributed by atoms with Crippen molar-refractivity contribution in [2.24, 2.45) is 0 Å². The van der Waals surface area contributed by atoms with Gasteiger partial charge < -0.3 is 14.3 Å². The molecular weight excluding hydrogens is 340 g/mol. The first kappa shape index (κ1) is 19.3. The first-order chi connectivity index (χ1) is 12.3. The summed E-state index contributed by atoms with van der Waals surface area (Å²) in [6, 6.07) is 21.1. The van der Waals surface area contributed by atoms with E-state index in [0.717, 1.165) is 0 Å². The standard InChI is InChI=1S/C22H30O3Si/c1-17-15-20(23)21(25-17)16-24-26(22(2,3)4,18-11-7-5-8-12-18)19-13-9-6-10-14-19/h5-14,17,20-21,23H,15-16H2,1-4H3/t17?,20-,21-/m0/s1. The van der Waals surface area contributed by atoms with Crippen molar-refractivity contribution in [2.45, 2.75) is 57.5 Å². The van der Waals surface area contributed by atoms with Gasteiger partial charge in [-0.05, 0) is 22.3 Å². The minimum atomic E-state index is -2.56. The number of aliphatic hydroxyl groups is 1.